The monoisotopic (exact) mass is 469 g/mol. The second-order valence-corrected chi connectivity index (χ2v) is 8.76. The second-order valence-electron chi connectivity index (χ2n) is 7.85. The molecule has 1 aromatic heterocycles. The molecule has 160 valence electrons. The molecule has 1 N–H and O–H groups in total. The molecular weight excluding hydrogens is 438 g/mol. The zero-order valence-electron chi connectivity index (χ0n) is 18.0. The van der Waals surface area contributed by atoms with Crippen LogP contribution < -0.4 is 5.32 Å². The van der Waals surface area contributed by atoms with Gasteiger partial charge in [0.05, 0.1) is 11.0 Å². The number of unbranched alkanes of at least 4 members (excludes halogenated alkanes) is 2. The van der Waals surface area contributed by atoms with Gasteiger partial charge in [-0.15, -0.1) is 0 Å². The summed E-state index contributed by atoms with van der Waals surface area (Å²) in [4.78, 5) is 17.0. The van der Waals surface area contributed by atoms with E-state index in [1.807, 2.05) is 6.07 Å². The van der Waals surface area contributed by atoms with Gasteiger partial charge in [-0.3, -0.25) is 4.79 Å². The minimum Gasteiger partial charge on any atom is -0.356 e. The SMILES string of the molecule is CCC(CC)C(=O)NCCCCCc1nc2ccccc2n1Cc1cccc(Br)c1. The normalized spacial score (nSPS) is 11.3. The predicted molar refractivity (Wildman–Crippen MR) is 128 cm³/mol. The van der Waals surface area contributed by atoms with Crippen molar-refractivity contribution in [3.8, 4) is 0 Å². The van der Waals surface area contributed by atoms with Crippen LogP contribution in [0.1, 0.15) is 57.3 Å². The van der Waals surface area contributed by atoms with Crippen LogP contribution in [-0.2, 0) is 17.8 Å². The van der Waals surface area contributed by atoms with Crippen molar-refractivity contribution in [2.45, 2.75) is 58.9 Å². The number of amides is 1. The molecule has 0 aliphatic rings. The molecule has 0 radical (unpaired) electrons. The van der Waals surface area contributed by atoms with Gasteiger partial charge in [-0.1, -0.05) is 60.5 Å². The van der Waals surface area contributed by atoms with E-state index in [1.165, 1.54) is 11.1 Å². The van der Waals surface area contributed by atoms with E-state index < -0.39 is 0 Å². The number of nitrogens with zero attached hydrogens (tertiary/aromatic N) is 2. The van der Waals surface area contributed by atoms with Gasteiger partial charge in [-0.2, -0.15) is 0 Å². The number of benzene rings is 2. The lowest BCUT2D eigenvalue weighted by Crippen LogP contribution is -2.30. The molecule has 3 rings (SSSR count). The minimum atomic E-state index is 0.155. The standard InChI is InChI=1S/C25H32BrN3O/c1-3-20(4-2)25(30)27-16-9-5-6-15-24-28-22-13-7-8-14-23(22)29(24)18-19-11-10-12-21(26)17-19/h7-8,10-14,17,20H,3-6,9,15-16,18H2,1-2H3,(H,27,30). The molecule has 4 nitrogen and oxygen atoms in total. The summed E-state index contributed by atoms with van der Waals surface area (Å²) in [7, 11) is 0. The largest absolute Gasteiger partial charge is 0.356 e. The molecule has 1 amide bonds. The fourth-order valence-corrected chi connectivity index (χ4v) is 4.36. The number of hydrogen-bond donors (Lipinski definition) is 1. The Balaban J connectivity index is 1.57. The zero-order valence-corrected chi connectivity index (χ0v) is 19.6. The molecule has 3 aromatic rings. The van der Waals surface area contributed by atoms with Crippen molar-refractivity contribution < 1.29 is 4.79 Å². The van der Waals surface area contributed by atoms with Crippen molar-refractivity contribution >= 4 is 32.9 Å². The summed E-state index contributed by atoms with van der Waals surface area (Å²) in [5.74, 6) is 1.50. The quantitative estimate of drug-likeness (QED) is 0.344. The lowest BCUT2D eigenvalue weighted by Gasteiger charge is -2.12. The van der Waals surface area contributed by atoms with E-state index in [0.717, 1.165) is 67.4 Å². The summed E-state index contributed by atoms with van der Waals surface area (Å²) in [5.41, 5.74) is 3.50. The highest BCUT2D eigenvalue weighted by molar-refractivity contribution is 9.10. The molecule has 0 aliphatic heterocycles. The third kappa shape index (κ3) is 5.94. The van der Waals surface area contributed by atoms with Crippen molar-refractivity contribution in [3.05, 3.63) is 64.4 Å². The topological polar surface area (TPSA) is 46.9 Å². The van der Waals surface area contributed by atoms with Crippen LogP contribution in [0, 0.1) is 5.92 Å². The van der Waals surface area contributed by atoms with Gasteiger partial charge >= 0.3 is 0 Å². The summed E-state index contributed by atoms with van der Waals surface area (Å²) < 4.78 is 3.44. The average Bonchev–Trinajstić information content (AvgIpc) is 3.09. The summed E-state index contributed by atoms with van der Waals surface area (Å²) >= 11 is 3.57. The number of para-hydroxylation sites is 2. The van der Waals surface area contributed by atoms with E-state index in [2.05, 4.69) is 82.1 Å². The number of carbonyl (C=O) groups is 1. The van der Waals surface area contributed by atoms with Crippen molar-refractivity contribution in [1.82, 2.24) is 14.9 Å². The Kier molecular flexibility index (Phi) is 8.50. The molecule has 0 saturated heterocycles. The van der Waals surface area contributed by atoms with Crippen LogP contribution in [-0.4, -0.2) is 22.0 Å². The summed E-state index contributed by atoms with van der Waals surface area (Å²) in [6.07, 6.45) is 5.94. The van der Waals surface area contributed by atoms with Gasteiger partial charge in [0.1, 0.15) is 5.82 Å². The number of imidazole rings is 1. The Labute approximate surface area is 188 Å². The number of aryl methyl sites for hydroxylation is 1. The van der Waals surface area contributed by atoms with Gasteiger partial charge in [0, 0.05) is 29.9 Å². The molecule has 0 saturated carbocycles. The molecule has 30 heavy (non-hydrogen) atoms. The van der Waals surface area contributed by atoms with Crippen molar-refractivity contribution in [2.75, 3.05) is 6.54 Å². The first-order chi connectivity index (χ1) is 14.6. The molecular formula is C25H32BrN3O. The van der Waals surface area contributed by atoms with E-state index >= 15 is 0 Å². The van der Waals surface area contributed by atoms with Gasteiger partial charge in [0.2, 0.25) is 5.91 Å². The number of hydrogen-bond acceptors (Lipinski definition) is 2. The first-order valence-electron chi connectivity index (χ1n) is 11.1. The Morgan fingerprint density at radius 2 is 1.87 bits per heavy atom. The Hall–Kier alpha value is -2.14. The third-order valence-corrected chi connectivity index (χ3v) is 6.19. The molecule has 0 spiro atoms. The molecule has 0 aliphatic carbocycles. The fourth-order valence-electron chi connectivity index (χ4n) is 3.91. The van der Waals surface area contributed by atoms with Crippen LogP contribution in [0.2, 0.25) is 0 Å². The molecule has 5 heteroatoms. The van der Waals surface area contributed by atoms with E-state index in [-0.39, 0.29) is 11.8 Å². The number of carbonyl (C=O) groups excluding carboxylic acids is 1. The first kappa shape index (κ1) is 22.5. The van der Waals surface area contributed by atoms with E-state index in [0.29, 0.717) is 0 Å². The predicted octanol–water partition coefficient (Wildman–Crippen LogP) is 6.11. The second kappa shape index (κ2) is 11.3. The number of aromatic nitrogens is 2. The van der Waals surface area contributed by atoms with Crippen LogP contribution in [0.4, 0.5) is 0 Å². The number of halogens is 1. The molecule has 0 atom stereocenters. The minimum absolute atomic E-state index is 0.155. The van der Waals surface area contributed by atoms with Crippen molar-refractivity contribution in [3.63, 3.8) is 0 Å². The Morgan fingerprint density at radius 3 is 2.63 bits per heavy atom. The fraction of sp³-hybridized carbons (Fsp3) is 0.440. The maximum atomic E-state index is 12.1. The van der Waals surface area contributed by atoms with E-state index in [9.17, 15) is 4.79 Å². The molecule has 0 unspecified atom stereocenters. The lowest BCUT2D eigenvalue weighted by molar-refractivity contribution is -0.125. The van der Waals surface area contributed by atoms with Crippen LogP contribution in [0.15, 0.2) is 53.0 Å². The third-order valence-electron chi connectivity index (χ3n) is 5.70. The van der Waals surface area contributed by atoms with E-state index in [1.54, 1.807) is 0 Å². The van der Waals surface area contributed by atoms with Crippen LogP contribution in [0.5, 0.6) is 0 Å². The van der Waals surface area contributed by atoms with Gasteiger partial charge in [0.15, 0.2) is 0 Å². The van der Waals surface area contributed by atoms with Crippen molar-refractivity contribution in [1.29, 1.82) is 0 Å². The number of rotatable bonds is 11. The van der Waals surface area contributed by atoms with Crippen LogP contribution in [0.25, 0.3) is 11.0 Å². The zero-order chi connectivity index (χ0) is 21.3. The smallest absolute Gasteiger partial charge is 0.223 e. The van der Waals surface area contributed by atoms with Gasteiger partial charge in [0.25, 0.3) is 0 Å². The molecule has 1 heterocycles. The average molecular weight is 470 g/mol. The Bertz CT molecular complexity index is 962. The lowest BCUT2D eigenvalue weighted by atomic mass is 10.0. The van der Waals surface area contributed by atoms with Crippen LogP contribution >= 0.6 is 15.9 Å². The van der Waals surface area contributed by atoms with Crippen molar-refractivity contribution in [2.24, 2.45) is 5.92 Å². The van der Waals surface area contributed by atoms with Gasteiger partial charge < -0.3 is 9.88 Å². The highest BCUT2D eigenvalue weighted by Gasteiger charge is 2.13. The van der Waals surface area contributed by atoms with Gasteiger partial charge in [-0.05, 0) is 55.5 Å². The van der Waals surface area contributed by atoms with E-state index in [4.69, 9.17) is 4.98 Å². The van der Waals surface area contributed by atoms with Gasteiger partial charge in [-0.25, -0.2) is 4.98 Å². The number of fused-ring (bicyclic) bond motifs is 1. The molecule has 0 bridgehead atoms. The van der Waals surface area contributed by atoms with Crippen LogP contribution in [0.3, 0.4) is 0 Å². The summed E-state index contributed by atoms with van der Waals surface area (Å²) in [6.45, 7) is 5.74. The highest BCUT2D eigenvalue weighted by Crippen LogP contribution is 2.21. The maximum absolute atomic E-state index is 12.1. The molecule has 2 aromatic carbocycles. The highest BCUT2D eigenvalue weighted by atomic mass is 79.9. The first-order valence-corrected chi connectivity index (χ1v) is 11.9. The Morgan fingerprint density at radius 1 is 1.07 bits per heavy atom. The summed E-state index contributed by atoms with van der Waals surface area (Å²) in [5, 5.41) is 3.09. The number of nitrogens with one attached hydrogen (secondary N) is 1. The molecule has 0 fully saturated rings. The summed E-state index contributed by atoms with van der Waals surface area (Å²) in [6, 6.07) is 16.8. The maximum Gasteiger partial charge on any atom is 0.223 e.